The summed E-state index contributed by atoms with van der Waals surface area (Å²) in [5.41, 5.74) is 1.08. The molecule has 6 nitrogen and oxygen atoms in total. The summed E-state index contributed by atoms with van der Waals surface area (Å²) in [6.07, 6.45) is 2.93. The van der Waals surface area contributed by atoms with Gasteiger partial charge in [0, 0.05) is 16.8 Å². The Morgan fingerprint density at radius 1 is 1.21 bits per heavy atom. The first-order valence-electron chi connectivity index (χ1n) is 6.75. The van der Waals surface area contributed by atoms with Gasteiger partial charge in [-0.2, -0.15) is 0 Å². The van der Waals surface area contributed by atoms with Crippen LogP contribution < -0.4 is 15.2 Å². The number of sulfonamides is 1. The number of amides is 1. The van der Waals surface area contributed by atoms with Crippen molar-refractivity contribution in [3.05, 3.63) is 59.1 Å². The molecule has 0 aliphatic rings. The Bertz CT molecular complexity index is 877. The van der Waals surface area contributed by atoms with Crippen molar-refractivity contribution in [3.63, 3.8) is 0 Å². The van der Waals surface area contributed by atoms with E-state index in [1.54, 1.807) is 30.3 Å². The zero-order valence-electron chi connectivity index (χ0n) is 12.7. The van der Waals surface area contributed by atoms with Gasteiger partial charge in [0.05, 0.1) is 7.11 Å². The first kappa shape index (κ1) is 18.0. The van der Waals surface area contributed by atoms with Crippen molar-refractivity contribution in [1.82, 2.24) is 0 Å². The van der Waals surface area contributed by atoms with Crippen molar-refractivity contribution >= 4 is 39.3 Å². The predicted octanol–water partition coefficient (Wildman–Crippen LogP) is 2.65. The molecule has 0 aromatic heterocycles. The van der Waals surface area contributed by atoms with Gasteiger partial charge in [-0.05, 0) is 42.0 Å². The van der Waals surface area contributed by atoms with E-state index in [-0.39, 0.29) is 16.3 Å². The van der Waals surface area contributed by atoms with E-state index in [2.05, 4.69) is 5.32 Å². The second-order valence-electron chi connectivity index (χ2n) is 4.78. The summed E-state index contributed by atoms with van der Waals surface area (Å²) in [5, 5.41) is 8.30. The highest BCUT2D eigenvalue weighted by atomic mass is 35.5. The third kappa shape index (κ3) is 4.82. The molecule has 0 saturated heterocycles. The molecule has 0 bridgehead atoms. The molecule has 2 aromatic carbocycles. The molecule has 24 heavy (non-hydrogen) atoms. The van der Waals surface area contributed by atoms with Crippen LogP contribution in [0.3, 0.4) is 0 Å². The number of ether oxygens (including phenoxy) is 1. The molecule has 0 heterocycles. The second kappa shape index (κ2) is 7.48. The maximum Gasteiger partial charge on any atom is 0.248 e. The van der Waals surface area contributed by atoms with Crippen LogP contribution in [0.15, 0.2) is 53.4 Å². The van der Waals surface area contributed by atoms with Gasteiger partial charge in [0.2, 0.25) is 15.9 Å². The first-order chi connectivity index (χ1) is 11.3. The quantitative estimate of drug-likeness (QED) is 0.794. The number of nitrogens with two attached hydrogens (primary N) is 1. The normalized spacial score (nSPS) is 11.5. The third-order valence-electron chi connectivity index (χ3n) is 3.03. The van der Waals surface area contributed by atoms with Crippen molar-refractivity contribution in [3.8, 4) is 5.75 Å². The first-order valence-corrected chi connectivity index (χ1v) is 8.67. The molecule has 0 radical (unpaired) electrons. The van der Waals surface area contributed by atoms with Gasteiger partial charge in [0.1, 0.15) is 10.6 Å². The van der Waals surface area contributed by atoms with Crippen LogP contribution >= 0.6 is 11.6 Å². The number of anilines is 1. The minimum absolute atomic E-state index is 0.104. The second-order valence-corrected chi connectivity index (χ2v) is 6.75. The van der Waals surface area contributed by atoms with E-state index >= 15 is 0 Å². The van der Waals surface area contributed by atoms with Crippen molar-refractivity contribution in [2.75, 3.05) is 12.4 Å². The molecule has 0 fully saturated rings. The van der Waals surface area contributed by atoms with E-state index < -0.39 is 15.9 Å². The fourth-order valence-electron chi connectivity index (χ4n) is 1.91. The monoisotopic (exact) mass is 366 g/mol. The van der Waals surface area contributed by atoms with Gasteiger partial charge >= 0.3 is 0 Å². The fraction of sp³-hybridized carbons (Fsp3) is 0.0625. The lowest BCUT2D eigenvalue weighted by molar-refractivity contribution is -0.111. The van der Waals surface area contributed by atoms with Crippen LogP contribution in [0.1, 0.15) is 5.56 Å². The molecular weight excluding hydrogens is 352 g/mol. The molecule has 1 amide bonds. The van der Waals surface area contributed by atoms with Gasteiger partial charge in [-0.25, -0.2) is 13.6 Å². The van der Waals surface area contributed by atoms with Crippen LogP contribution in [0.25, 0.3) is 6.08 Å². The van der Waals surface area contributed by atoms with Crippen molar-refractivity contribution in [2.24, 2.45) is 5.14 Å². The van der Waals surface area contributed by atoms with E-state index in [1.165, 1.54) is 31.4 Å². The summed E-state index contributed by atoms with van der Waals surface area (Å²) >= 11 is 5.79. The highest BCUT2D eigenvalue weighted by molar-refractivity contribution is 7.89. The largest absolute Gasteiger partial charge is 0.495 e. The lowest BCUT2D eigenvalue weighted by Crippen LogP contribution is -2.15. The number of carbonyl (C=O) groups is 1. The van der Waals surface area contributed by atoms with Crippen LogP contribution in [-0.2, 0) is 14.8 Å². The number of benzene rings is 2. The van der Waals surface area contributed by atoms with Gasteiger partial charge in [0.15, 0.2) is 0 Å². The standard InChI is InChI=1S/C16H15ClN2O4S/c1-23-14-8-7-13(10-15(14)24(18,21)22)19-16(20)9-4-11-2-5-12(17)6-3-11/h2-10H,1H3,(H,19,20)(H2,18,21,22)/b9-4+. The number of halogens is 1. The van der Waals surface area contributed by atoms with Gasteiger partial charge in [0.25, 0.3) is 0 Å². The van der Waals surface area contributed by atoms with Crippen LogP contribution in [-0.4, -0.2) is 21.4 Å². The number of primary sulfonamides is 1. The summed E-state index contributed by atoms with van der Waals surface area (Å²) in [7, 11) is -2.64. The number of hydrogen-bond donors (Lipinski definition) is 2. The maximum absolute atomic E-state index is 11.9. The average molecular weight is 367 g/mol. The van der Waals surface area contributed by atoms with Gasteiger partial charge in [-0.3, -0.25) is 4.79 Å². The van der Waals surface area contributed by atoms with Gasteiger partial charge in [-0.1, -0.05) is 23.7 Å². The topological polar surface area (TPSA) is 98.5 Å². The van der Waals surface area contributed by atoms with Crippen molar-refractivity contribution in [2.45, 2.75) is 4.90 Å². The Hall–Kier alpha value is -2.35. The summed E-state index contributed by atoms with van der Waals surface area (Å²) in [4.78, 5) is 11.7. The summed E-state index contributed by atoms with van der Waals surface area (Å²) < 4.78 is 28.0. The minimum atomic E-state index is -3.97. The number of methoxy groups -OCH3 is 1. The van der Waals surface area contributed by atoms with E-state index in [9.17, 15) is 13.2 Å². The number of rotatable bonds is 5. The fourth-order valence-corrected chi connectivity index (χ4v) is 2.76. The Kier molecular flexibility index (Phi) is 5.61. The SMILES string of the molecule is COc1ccc(NC(=O)/C=C/c2ccc(Cl)cc2)cc1S(N)(=O)=O. The predicted molar refractivity (Wildman–Crippen MR) is 93.5 cm³/mol. The Balaban J connectivity index is 2.15. The number of hydrogen-bond acceptors (Lipinski definition) is 4. The van der Waals surface area contributed by atoms with E-state index in [0.717, 1.165) is 5.56 Å². The van der Waals surface area contributed by atoms with Crippen LogP contribution in [0, 0.1) is 0 Å². The molecule has 2 aromatic rings. The smallest absolute Gasteiger partial charge is 0.248 e. The lowest BCUT2D eigenvalue weighted by Gasteiger charge is -2.09. The third-order valence-corrected chi connectivity index (χ3v) is 4.22. The molecule has 2 rings (SSSR count). The Labute approximate surface area is 144 Å². The zero-order chi connectivity index (χ0) is 17.7. The van der Waals surface area contributed by atoms with E-state index in [4.69, 9.17) is 21.5 Å². The summed E-state index contributed by atoms with van der Waals surface area (Å²) in [6.45, 7) is 0. The van der Waals surface area contributed by atoms with Gasteiger partial charge in [-0.15, -0.1) is 0 Å². The molecule has 0 saturated carbocycles. The molecule has 0 unspecified atom stereocenters. The highest BCUT2D eigenvalue weighted by Crippen LogP contribution is 2.26. The van der Waals surface area contributed by atoms with E-state index in [0.29, 0.717) is 5.02 Å². The van der Waals surface area contributed by atoms with Crippen molar-refractivity contribution < 1.29 is 17.9 Å². The summed E-state index contributed by atoms with van der Waals surface area (Å²) in [6, 6.07) is 11.1. The molecular formula is C16H15ClN2O4S. The Morgan fingerprint density at radius 2 is 1.88 bits per heavy atom. The van der Waals surface area contributed by atoms with Crippen LogP contribution in [0.2, 0.25) is 5.02 Å². The molecule has 0 aliphatic carbocycles. The van der Waals surface area contributed by atoms with Crippen LogP contribution in [0.5, 0.6) is 5.75 Å². The number of nitrogens with one attached hydrogen (secondary N) is 1. The molecule has 3 N–H and O–H groups in total. The molecule has 8 heteroatoms. The summed E-state index contributed by atoms with van der Waals surface area (Å²) in [5.74, 6) is -0.317. The van der Waals surface area contributed by atoms with Crippen molar-refractivity contribution in [1.29, 1.82) is 0 Å². The Morgan fingerprint density at radius 3 is 2.46 bits per heavy atom. The molecule has 0 atom stereocenters. The van der Waals surface area contributed by atoms with Crippen LogP contribution in [0.4, 0.5) is 5.69 Å². The van der Waals surface area contributed by atoms with E-state index in [1.807, 2.05) is 0 Å². The maximum atomic E-state index is 11.9. The highest BCUT2D eigenvalue weighted by Gasteiger charge is 2.16. The molecule has 0 aliphatic heterocycles. The molecule has 0 spiro atoms. The van der Waals surface area contributed by atoms with Gasteiger partial charge < -0.3 is 10.1 Å². The average Bonchev–Trinajstić information content (AvgIpc) is 2.53. The minimum Gasteiger partial charge on any atom is -0.495 e. The number of carbonyl (C=O) groups excluding carboxylic acids is 1. The zero-order valence-corrected chi connectivity index (χ0v) is 14.3. The molecule has 126 valence electrons. The lowest BCUT2D eigenvalue weighted by atomic mass is 10.2.